The van der Waals surface area contributed by atoms with Crippen molar-refractivity contribution in [1.29, 1.82) is 0 Å². The van der Waals surface area contributed by atoms with Crippen molar-refractivity contribution in [1.82, 2.24) is 5.32 Å². The van der Waals surface area contributed by atoms with Gasteiger partial charge in [-0.05, 0) is 60.6 Å². The van der Waals surface area contributed by atoms with Gasteiger partial charge >= 0.3 is 5.97 Å². The van der Waals surface area contributed by atoms with Crippen molar-refractivity contribution in [2.45, 2.75) is 31.7 Å². The van der Waals surface area contributed by atoms with Gasteiger partial charge in [-0.3, -0.25) is 9.59 Å². The van der Waals surface area contributed by atoms with Crippen molar-refractivity contribution in [2.24, 2.45) is 5.92 Å². The number of esters is 1. The lowest BCUT2D eigenvalue weighted by Crippen LogP contribution is -2.33. The highest BCUT2D eigenvalue weighted by Crippen LogP contribution is 2.41. The van der Waals surface area contributed by atoms with Crippen LogP contribution in [-0.4, -0.2) is 46.9 Å². The molecule has 0 aliphatic heterocycles. The minimum absolute atomic E-state index is 0.0960. The van der Waals surface area contributed by atoms with Crippen molar-refractivity contribution in [3.05, 3.63) is 47.5 Å². The fourth-order valence-corrected chi connectivity index (χ4v) is 3.67. The lowest BCUT2D eigenvalue weighted by atomic mass is 10.0. The van der Waals surface area contributed by atoms with Gasteiger partial charge in [-0.15, -0.1) is 0 Å². The molecular weight excluding hydrogens is 426 g/mol. The van der Waals surface area contributed by atoms with Gasteiger partial charge in [0.2, 0.25) is 5.75 Å². The summed E-state index contributed by atoms with van der Waals surface area (Å²) in [6, 6.07) is 11.1. The maximum absolute atomic E-state index is 12.4. The normalized spacial score (nSPS) is 13.6. The summed E-state index contributed by atoms with van der Waals surface area (Å²) in [4.78, 5) is 24.7. The molecule has 1 N–H and O–H groups in total. The zero-order valence-electron chi connectivity index (χ0n) is 19.5. The molecule has 1 unspecified atom stereocenters. The van der Waals surface area contributed by atoms with Crippen molar-refractivity contribution in [2.75, 3.05) is 35.0 Å². The summed E-state index contributed by atoms with van der Waals surface area (Å²) in [6.45, 7) is -0.312. The number of nitrogens with one attached hydrogen (secondary N) is 1. The summed E-state index contributed by atoms with van der Waals surface area (Å²) >= 11 is 0. The Morgan fingerprint density at radius 1 is 0.939 bits per heavy atom. The van der Waals surface area contributed by atoms with Crippen molar-refractivity contribution in [3.63, 3.8) is 0 Å². The molecule has 178 valence electrons. The largest absolute Gasteiger partial charge is 0.497 e. The van der Waals surface area contributed by atoms with Crippen molar-refractivity contribution >= 4 is 11.9 Å². The van der Waals surface area contributed by atoms with E-state index >= 15 is 0 Å². The Morgan fingerprint density at radius 3 is 2.09 bits per heavy atom. The van der Waals surface area contributed by atoms with Crippen LogP contribution in [0.15, 0.2) is 36.4 Å². The van der Waals surface area contributed by atoms with E-state index in [1.807, 2.05) is 24.3 Å². The highest BCUT2D eigenvalue weighted by atomic mass is 16.5. The third kappa shape index (κ3) is 6.54. The number of rotatable bonds is 12. The lowest BCUT2D eigenvalue weighted by Gasteiger charge is -2.19. The van der Waals surface area contributed by atoms with E-state index in [1.54, 1.807) is 19.2 Å². The van der Waals surface area contributed by atoms with Crippen LogP contribution in [0.2, 0.25) is 0 Å². The SMILES string of the molecule is COc1ccc(C(NC(=O)COC(=O)CCc2cc(OC)c(OC)c(OC)c2)C2CC2)cc1. The van der Waals surface area contributed by atoms with Gasteiger partial charge in [0.1, 0.15) is 5.75 Å². The quantitative estimate of drug-likeness (QED) is 0.488. The van der Waals surface area contributed by atoms with Gasteiger partial charge in [0.05, 0.1) is 34.5 Å². The Kier molecular flexibility index (Phi) is 8.40. The molecule has 0 heterocycles. The monoisotopic (exact) mass is 457 g/mol. The summed E-state index contributed by atoms with van der Waals surface area (Å²) in [7, 11) is 6.22. The molecule has 33 heavy (non-hydrogen) atoms. The highest BCUT2D eigenvalue weighted by Gasteiger charge is 2.33. The summed E-state index contributed by atoms with van der Waals surface area (Å²) < 4.78 is 26.4. The minimum Gasteiger partial charge on any atom is -0.497 e. The molecule has 2 aromatic rings. The number of aryl methyl sites for hydroxylation is 1. The molecule has 2 aromatic carbocycles. The smallest absolute Gasteiger partial charge is 0.306 e. The molecule has 1 fully saturated rings. The average molecular weight is 458 g/mol. The van der Waals surface area contributed by atoms with Crippen LogP contribution >= 0.6 is 0 Å². The molecule has 0 bridgehead atoms. The second kappa shape index (κ2) is 11.4. The molecule has 0 spiro atoms. The first-order chi connectivity index (χ1) is 16.0. The van der Waals surface area contributed by atoms with Crippen LogP contribution < -0.4 is 24.3 Å². The molecule has 1 atom stereocenters. The molecule has 1 saturated carbocycles. The Bertz CT molecular complexity index is 929. The first kappa shape index (κ1) is 24.2. The predicted octanol–water partition coefficient (Wildman–Crippen LogP) is 3.46. The van der Waals surface area contributed by atoms with E-state index in [0.29, 0.717) is 29.6 Å². The van der Waals surface area contributed by atoms with Crippen LogP contribution in [0.4, 0.5) is 0 Å². The van der Waals surface area contributed by atoms with Crippen LogP contribution in [0.1, 0.15) is 36.4 Å². The number of carbonyl (C=O) groups is 2. The van der Waals surface area contributed by atoms with E-state index in [1.165, 1.54) is 21.3 Å². The number of ether oxygens (including phenoxy) is 5. The van der Waals surface area contributed by atoms with Crippen LogP contribution in [0.3, 0.4) is 0 Å². The molecule has 0 aromatic heterocycles. The summed E-state index contributed by atoms with van der Waals surface area (Å²) in [5, 5.41) is 3.00. The van der Waals surface area contributed by atoms with E-state index in [2.05, 4.69) is 5.32 Å². The van der Waals surface area contributed by atoms with Gasteiger partial charge in [-0.2, -0.15) is 0 Å². The maximum atomic E-state index is 12.4. The van der Waals surface area contributed by atoms with E-state index in [-0.39, 0.29) is 25.0 Å². The number of amides is 1. The number of hydrogen-bond acceptors (Lipinski definition) is 7. The van der Waals surface area contributed by atoms with Gasteiger partial charge in [-0.25, -0.2) is 0 Å². The Balaban J connectivity index is 1.50. The van der Waals surface area contributed by atoms with Crippen LogP contribution in [-0.2, 0) is 20.7 Å². The zero-order chi connectivity index (χ0) is 23.8. The third-order valence-electron chi connectivity index (χ3n) is 5.59. The Morgan fingerprint density at radius 2 is 1.58 bits per heavy atom. The fraction of sp³-hybridized carbons (Fsp3) is 0.440. The van der Waals surface area contributed by atoms with Crippen molar-refractivity contribution < 1.29 is 33.3 Å². The first-order valence-electron chi connectivity index (χ1n) is 10.9. The standard InChI is InChI=1S/C25H31NO7/c1-29-19-10-8-18(9-11-19)24(17-6-7-17)26-22(27)15-33-23(28)12-5-16-13-20(30-2)25(32-4)21(14-16)31-3/h8-11,13-14,17,24H,5-7,12,15H2,1-4H3,(H,26,27). The second-order valence-corrected chi connectivity index (χ2v) is 7.85. The lowest BCUT2D eigenvalue weighted by molar-refractivity contribution is -0.148. The van der Waals surface area contributed by atoms with Crippen LogP contribution in [0, 0.1) is 5.92 Å². The van der Waals surface area contributed by atoms with Crippen molar-refractivity contribution in [3.8, 4) is 23.0 Å². The van der Waals surface area contributed by atoms with E-state index in [0.717, 1.165) is 29.7 Å². The first-order valence-corrected chi connectivity index (χ1v) is 10.9. The van der Waals surface area contributed by atoms with Crippen LogP contribution in [0.25, 0.3) is 0 Å². The number of hydrogen-bond donors (Lipinski definition) is 1. The summed E-state index contributed by atoms with van der Waals surface area (Å²) in [5.41, 5.74) is 1.85. The minimum atomic E-state index is -0.452. The van der Waals surface area contributed by atoms with Gasteiger partial charge in [0.25, 0.3) is 5.91 Å². The van der Waals surface area contributed by atoms with E-state index < -0.39 is 5.97 Å². The predicted molar refractivity (Wildman–Crippen MR) is 122 cm³/mol. The number of benzene rings is 2. The molecule has 0 radical (unpaired) electrons. The average Bonchev–Trinajstić information content (AvgIpc) is 3.69. The highest BCUT2D eigenvalue weighted by molar-refractivity contribution is 5.81. The van der Waals surface area contributed by atoms with Crippen LogP contribution in [0.5, 0.6) is 23.0 Å². The zero-order valence-corrected chi connectivity index (χ0v) is 19.5. The summed E-state index contributed by atoms with van der Waals surface area (Å²) in [5.74, 6) is 1.92. The molecule has 0 saturated heterocycles. The molecule has 1 amide bonds. The van der Waals surface area contributed by atoms with Gasteiger partial charge < -0.3 is 29.0 Å². The maximum Gasteiger partial charge on any atom is 0.306 e. The van der Waals surface area contributed by atoms with E-state index in [9.17, 15) is 9.59 Å². The van der Waals surface area contributed by atoms with Gasteiger partial charge in [-0.1, -0.05) is 12.1 Å². The molecule has 3 rings (SSSR count). The fourth-order valence-electron chi connectivity index (χ4n) is 3.67. The molecular formula is C25H31NO7. The third-order valence-corrected chi connectivity index (χ3v) is 5.59. The van der Waals surface area contributed by atoms with Gasteiger partial charge in [0.15, 0.2) is 18.1 Å². The molecule has 1 aliphatic carbocycles. The molecule has 8 heteroatoms. The molecule has 8 nitrogen and oxygen atoms in total. The Labute approximate surface area is 194 Å². The number of methoxy groups -OCH3 is 4. The number of carbonyl (C=O) groups excluding carboxylic acids is 2. The molecule has 1 aliphatic rings. The topological polar surface area (TPSA) is 92.3 Å². The second-order valence-electron chi connectivity index (χ2n) is 7.85. The van der Waals surface area contributed by atoms with Gasteiger partial charge in [0, 0.05) is 6.42 Å². The Hall–Kier alpha value is -3.42. The van der Waals surface area contributed by atoms with E-state index in [4.69, 9.17) is 23.7 Å². The summed E-state index contributed by atoms with van der Waals surface area (Å²) in [6.07, 6.45) is 2.65.